The third kappa shape index (κ3) is 3.01. The zero-order chi connectivity index (χ0) is 14.0. The van der Waals surface area contributed by atoms with Crippen molar-refractivity contribution < 1.29 is 18.9 Å². The molecule has 1 saturated carbocycles. The maximum absolute atomic E-state index is 11.9. The maximum atomic E-state index is 11.9. The van der Waals surface area contributed by atoms with Gasteiger partial charge in [0, 0.05) is 27.6 Å². The molecule has 1 fully saturated rings. The molecule has 5 nitrogen and oxygen atoms in total. The predicted octanol–water partition coefficient (Wildman–Crippen LogP) is 1.47. The van der Waals surface area contributed by atoms with Gasteiger partial charge in [-0.2, -0.15) is 0 Å². The molecule has 1 aliphatic rings. The molecule has 2 N–H and O–H groups in total. The zero-order valence-electron chi connectivity index (χ0n) is 10.5. The Bertz CT molecular complexity index is 543. The summed E-state index contributed by atoms with van der Waals surface area (Å²) in [4.78, 5) is 23.4. The molecule has 1 amide bonds. The molecule has 0 bridgehead atoms. The molecule has 19 heavy (non-hydrogen) atoms. The standard InChI is InChI=1S/C13H15NO4S/c1-19(18)9-4-2-3-8(7-9)14-12(15)10-5-6-11(10)13(16)17/h2-4,7,10-11H,5-6H2,1H3,(H,14,15)(H,16,17)/t10-,11+,19?/m1/s1. The van der Waals surface area contributed by atoms with Crippen LogP contribution in [0.4, 0.5) is 5.69 Å². The minimum atomic E-state index is -1.11. The fourth-order valence-electron chi connectivity index (χ4n) is 2.10. The zero-order valence-corrected chi connectivity index (χ0v) is 11.3. The van der Waals surface area contributed by atoms with E-state index in [2.05, 4.69) is 5.32 Å². The Balaban J connectivity index is 2.05. The van der Waals surface area contributed by atoms with Crippen molar-refractivity contribution in [2.75, 3.05) is 11.6 Å². The number of carboxylic acids is 1. The Kier molecular flexibility index (Phi) is 3.99. The van der Waals surface area contributed by atoms with Gasteiger partial charge in [-0.15, -0.1) is 0 Å². The van der Waals surface area contributed by atoms with Crippen LogP contribution in [0.15, 0.2) is 29.2 Å². The fourth-order valence-corrected chi connectivity index (χ4v) is 2.66. The molecule has 0 heterocycles. The molecule has 0 aliphatic heterocycles. The van der Waals surface area contributed by atoms with Gasteiger partial charge >= 0.3 is 5.97 Å². The van der Waals surface area contributed by atoms with Crippen LogP contribution in [0.25, 0.3) is 0 Å². The number of hydrogen-bond donors (Lipinski definition) is 2. The van der Waals surface area contributed by atoms with Crippen molar-refractivity contribution in [2.45, 2.75) is 17.7 Å². The molecule has 1 unspecified atom stereocenters. The molecule has 6 heteroatoms. The van der Waals surface area contributed by atoms with E-state index in [4.69, 9.17) is 5.11 Å². The van der Waals surface area contributed by atoms with Crippen molar-refractivity contribution >= 4 is 28.4 Å². The Hall–Kier alpha value is -1.69. The summed E-state index contributed by atoms with van der Waals surface area (Å²) in [6.07, 6.45) is 2.71. The van der Waals surface area contributed by atoms with Crippen molar-refractivity contribution in [2.24, 2.45) is 11.8 Å². The first-order valence-electron chi connectivity index (χ1n) is 5.96. The fraction of sp³-hybridized carbons (Fsp3) is 0.385. The van der Waals surface area contributed by atoms with Crippen LogP contribution in [0.3, 0.4) is 0 Å². The lowest BCUT2D eigenvalue weighted by molar-refractivity contribution is -0.151. The molecule has 1 aromatic rings. The summed E-state index contributed by atoms with van der Waals surface area (Å²) >= 11 is 0. The van der Waals surface area contributed by atoms with E-state index in [9.17, 15) is 13.8 Å². The smallest absolute Gasteiger partial charge is 0.307 e. The highest BCUT2D eigenvalue weighted by atomic mass is 32.2. The molecule has 0 radical (unpaired) electrons. The molecule has 0 aromatic heterocycles. The molecule has 0 spiro atoms. The third-order valence-corrected chi connectivity index (χ3v) is 4.28. The van der Waals surface area contributed by atoms with E-state index >= 15 is 0 Å². The van der Waals surface area contributed by atoms with Crippen LogP contribution in [0, 0.1) is 11.8 Å². The Morgan fingerprint density at radius 3 is 2.53 bits per heavy atom. The van der Waals surface area contributed by atoms with Gasteiger partial charge in [0.2, 0.25) is 5.91 Å². The van der Waals surface area contributed by atoms with Gasteiger partial charge in [-0.05, 0) is 31.0 Å². The minimum absolute atomic E-state index is 0.280. The first-order chi connectivity index (χ1) is 8.99. The van der Waals surface area contributed by atoms with Crippen LogP contribution in [0.1, 0.15) is 12.8 Å². The second-order valence-corrected chi connectivity index (χ2v) is 5.98. The first-order valence-corrected chi connectivity index (χ1v) is 7.52. The van der Waals surface area contributed by atoms with Gasteiger partial charge in [0.15, 0.2) is 0 Å². The predicted molar refractivity (Wildman–Crippen MR) is 71.3 cm³/mol. The molecule has 0 saturated heterocycles. The Morgan fingerprint density at radius 1 is 1.32 bits per heavy atom. The summed E-state index contributed by atoms with van der Waals surface area (Å²) in [7, 11) is -1.11. The average Bonchev–Trinajstić information content (AvgIpc) is 2.26. The highest BCUT2D eigenvalue weighted by molar-refractivity contribution is 7.84. The number of amides is 1. The van der Waals surface area contributed by atoms with E-state index in [0.717, 1.165) is 0 Å². The van der Waals surface area contributed by atoms with Crippen LogP contribution in [-0.4, -0.2) is 27.4 Å². The highest BCUT2D eigenvalue weighted by Crippen LogP contribution is 2.35. The molecule has 1 aliphatic carbocycles. The lowest BCUT2D eigenvalue weighted by atomic mass is 9.73. The van der Waals surface area contributed by atoms with E-state index in [-0.39, 0.29) is 5.91 Å². The van der Waals surface area contributed by atoms with E-state index in [0.29, 0.717) is 23.4 Å². The number of carbonyl (C=O) groups excluding carboxylic acids is 1. The lowest BCUT2D eigenvalue weighted by Gasteiger charge is -2.31. The number of carboxylic acid groups (broad SMARTS) is 1. The average molecular weight is 281 g/mol. The number of anilines is 1. The maximum Gasteiger partial charge on any atom is 0.307 e. The largest absolute Gasteiger partial charge is 0.481 e. The van der Waals surface area contributed by atoms with Crippen molar-refractivity contribution in [3.63, 3.8) is 0 Å². The highest BCUT2D eigenvalue weighted by Gasteiger charge is 2.41. The number of rotatable bonds is 4. The Labute approximate surface area is 113 Å². The molecular formula is C13H15NO4S. The van der Waals surface area contributed by atoms with Gasteiger partial charge in [-0.25, -0.2) is 0 Å². The first kappa shape index (κ1) is 13.7. The monoisotopic (exact) mass is 281 g/mol. The van der Waals surface area contributed by atoms with Crippen molar-refractivity contribution in [1.29, 1.82) is 0 Å². The van der Waals surface area contributed by atoms with Crippen molar-refractivity contribution in [3.05, 3.63) is 24.3 Å². The molecule has 3 atom stereocenters. The minimum Gasteiger partial charge on any atom is -0.481 e. The van der Waals surface area contributed by atoms with Crippen molar-refractivity contribution in [3.8, 4) is 0 Å². The summed E-state index contributed by atoms with van der Waals surface area (Å²) in [6.45, 7) is 0. The van der Waals surface area contributed by atoms with Crippen molar-refractivity contribution in [1.82, 2.24) is 0 Å². The number of hydrogen-bond acceptors (Lipinski definition) is 3. The van der Waals surface area contributed by atoms with Gasteiger partial charge in [0.25, 0.3) is 0 Å². The number of aliphatic carboxylic acids is 1. The third-order valence-electron chi connectivity index (χ3n) is 3.36. The molecule has 2 rings (SSSR count). The molecular weight excluding hydrogens is 266 g/mol. The second kappa shape index (κ2) is 5.52. The van der Waals surface area contributed by atoms with E-state index < -0.39 is 28.6 Å². The second-order valence-electron chi connectivity index (χ2n) is 4.60. The number of nitrogens with one attached hydrogen (secondary N) is 1. The van der Waals surface area contributed by atoms with Crippen LogP contribution >= 0.6 is 0 Å². The number of carbonyl (C=O) groups is 2. The quantitative estimate of drug-likeness (QED) is 0.875. The van der Waals surface area contributed by atoms with Gasteiger partial charge in [0.05, 0.1) is 11.8 Å². The lowest BCUT2D eigenvalue weighted by Crippen LogP contribution is -2.41. The summed E-state index contributed by atoms with van der Waals surface area (Å²) in [5, 5.41) is 11.6. The van der Waals surface area contributed by atoms with E-state index in [1.54, 1.807) is 30.5 Å². The summed E-state index contributed by atoms with van der Waals surface area (Å²) in [5.41, 5.74) is 0.550. The topological polar surface area (TPSA) is 83.5 Å². The summed E-state index contributed by atoms with van der Waals surface area (Å²) in [5.74, 6) is -2.25. The normalized spacial score (nSPS) is 23.2. The van der Waals surface area contributed by atoms with Crippen LogP contribution in [-0.2, 0) is 20.4 Å². The van der Waals surface area contributed by atoms with E-state index in [1.165, 1.54) is 0 Å². The van der Waals surface area contributed by atoms with Gasteiger partial charge < -0.3 is 10.4 Å². The SMILES string of the molecule is CS(=O)c1cccc(NC(=O)[C@@H]2CC[C@@H]2C(=O)O)c1. The van der Waals surface area contributed by atoms with Gasteiger partial charge in [0.1, 0.15) is 0 Å². The van der Waals surface area contributed by atoms with Gasteiger partial charge in [-0.3, -0.25) is 13.8 Å². The Morgan fingerprint density at radius 2 is 2.00 bits per heavy atom. The summed E-state index contributed by atoms with van der Waals surface area (Å²) in [6, 6.07) is 6.77. The molecule has 102 valence electrons. The van der Waals surface area contributed by atoms with Crippen LogP contribution < -0.4 is 5.32 Å². The van der Waals surface area contributed by atoms with Gasteiger partial charge in [-0.1, -0.05) is 6.07 Å². The summed E-state index contributed by atoms with van der Waals surface area (Å²) < 4.78 is 11.3. The van der Waals surface area contributed by atoms with Crippen LogP contribution in [0.2, 0.25) is 0 Å². The van der Waals surface area contributed by atoms with Crippen LogP contribution in [0.5, 0.6) is 0 Å². The van der Waals surface area contributed by atoms with E-state index in [1.807, 2.05) is 0 Å². The molecule has 1 aromatic carbocycles. The number of benzene rings is 1.